The topological polar surface area (TPSA) is 15.3 Å². The van der Waals surface area contributed by atoms with Crippen LogP contribution in [0.25, 0.3) is 0 Å². The molecular weight excluding hydrogens is 208 g/mol. The van der Waals surface area contributed by atoms with Crippen LogP contribution in [0.3, 0.4) is 0 Å². The maximum absolute atomic E-state index is 3.77. The lowest BCUT2D eigenvalue weighted by atomic mass is 9.88. The zero-order valence-corrected chi connectivity index (χ0v) is 12.3. The second-order valence-electron chi connectivity index (χ2n) is 5.50. The minimum atomic E-state index is 0.731. The molecule has 0 aromatic rings. The average molecular weight is 240 g/mol. The molecule has 0 aromatic heterocycles. The van der Waals surface area contributed by atoms with Crippen molar-refractivity contribution >= 4 is 0 Å². The van der Waals surface area contributed by atoms with Gasteiger partial charge in [0.15, 0.2) is 0 Å². The van der Waals surface area contributed by atoms with E-state index in [-0.39, 0.29) is 0 Å². The van der Waals surface area contributed by atoms with Crippen molar-refractivity contribution in [3.8, 4) is 0 Å². The minimum absolute atomic E-state index is 0.731. The molecular formula is C15H32N2. The van der Waals surface area contributed by atoms with Crippen molar-refractivity contribution < 1.29 is 0 Å². The number of nitrogens with zero attached hydrogens (tertiary/aromatic N) is 1. The van der Waals surface area contributed by atoms with E-state index in [9.17, 15) is 0 Å². The van der Waals surface area contributed by atoms with Gasteiger partial charge in [-0.25, -0.2) is 0 Å². The van der Waals surface area contributed by atoms with Crippen molar-refractivity contribution in [1.29, 1.82) is 0 Å². The molecule has 102 valence electrons. The predicted molar refractivity (Wildman–Crippen MR) is 76.5 cm³/mol. The lowest BCUT2D eigenvalue weighted by Crippen LogP contribution is -2.54. The summed E-state index contributed by atoms with van der Waals surface area (Å²) in [4.78, 5) is 2.73. The van der Waals surface area contributed by atoms with Crippen molar-refractivity contribution in [2.75, 3.05) is 13.1 Å². The number of hydrogen-bond donors (Lipinski definition) is 1. The van der Waals surface area contributed by atoms with Crippen LogP contribution in [0.4, 0.5) is 0 Å². The number of likely N-dealkylation sites (N-methyl/N-ethyl adjacent to an activating group) is 1. The summed E-state index contributed by atoms with van der Waals surface area (Å²) in [6.45, 7) is 11.7. The van der Waals surface area contributed by atoms with E-state index in [4.69, 9.17) is 0 Å². The molecule has 1 aliphatic rings. The van der Waals surface area contributed by atoms with E-state index in [0.717, 1.165) is 18.1 Å². The van der Waals surface area contributed by atoms with Crippen LogP contribution >= 0.6 is 0 Å². The van der Waals surface area contributed by atoms with Crippen molar-refractivity contribution in [2.45, 2.75) is 84.3 Å². The minimum Gasteiger partial charge on any atom is -0.312 e. The Hall–Kier alpha value is -0.0800. The molecule has 0 heterocycles. The highest BCUT2D eigenvalue weighted by Gasteiger charge is 2.30. The van der Waals surface area contributed by atoms with Crippen LogP contribution in [0.1, 0.15) is 66.2 Å². The first-order valence-electron chi connectivity index (χ1n) is 7.73. The van der Waals surface area contributed by atoms with Gasteiger partial charge in [-0.2, -0.15) is 0 Å². The normalized spacial score (nSPS) is 27.4. The Kier molecular flexibility index (Phi) is 7.14. The highest BCUT2D eigenvalue weighted by atomic mass is 15.2. The molecule has 2 heteroatoms. The summed E-state index contributed by atoms with van der Waals surface area (Å²) in [5.74, 6) is 0. The Labute approximate surface area is 108 Å². The van der Waals surface area contributed by atoms with Crippen LogP contribution in [0.5, 0.6) is 0 Å². The van der Waals surface area contributed by atoms with Gasteiger partial charge >= 0.3 is 0 Å². The molecule has 1 fully saturated rings. The molecule has 1 rings (SSSR count). The molecule has 3 atom stereocenters. The largest absolute Gasteiger partial charge is 0.312 e. The predicted octanol–water partition coefficient (Wildman–Crippen LogP) is 3.42. The molecule has 0 aromatic carbocycles. The second-order valence-corrected chi connectivity index (χ2v) is 5.50. The van der Waals surface area contributed by atoms with Crippen LogP contribution in [0, 0.1) is 0 Å². The van der Waals surface area contributed by atoms with Crippen LogP contribution in [0.2, 0.25) is 0 Å². The molecule has 0 saturated heterocycles. The van der Waals surface area contributed by atoms with E-state index >= 15 is 0 Å². The van der Waals surface area contributed by atoms with Gasteiger partial charge in [-0.1, -0.05) is 33.6 Å². The first-order chi connectivity index (χ1) is 8.24. The van der Waals surface area contributed by atoms with Gasteiger partial charge in [-0.05, 0) is 45.7 Å². The van der Waals surface area contributed by atoms with E-state index < -0.39 is 0 Å². The fourth-order valence-corrected chi connectivity index (χ4v) is 3.18. The zero-order valence-electron chi connectivity index (χ0n) is 12.3. The van der Waals surface area contributed by atoms with Gasteiger partial charge in [0, 0.05) is 18.1 Å². The van der Waals surface area contributed by atoms with E-state index in [1.54, 1.807) is 0 Å². The fourth-order valence-electron chi connectivity index (χ4n) is 3.18. The van der Waals surface area contributed by atoms with E-state index in [2.05, 4.69) is 37.9 Å². The molecule has 3 unspecified atom stereocenters. The maximum atomic E-state index is 3.77. The summed E-state index contributed by atoms with van der Waals surface area (Å²) in [7, 11) is 0. The standard InChI is InChI=1S/C15H32N2/c1-5-12-16-14-10-8-9-11-15(14)17(7-3)13(4)6-2/h13-16H,5-12H2,1-4H3. The van der Waals surface area contributed by atoms with Gasteiger partial charge in [-0.3, -0.25) is 4.90 Å². The quantitative estimate of drug-likeness (QED) is 0.733. The Morgan fingerprint density at radius 1 is 1.18 bits per heavy atom. The molecule has 0 amide bonds. The molecule has 17 heavy (non-hydrogen) atoms. The summed E-state index contributed by atoms with van der Waals surface area (Å²) in [5.41, 5.74) is 0. The van der Waals surface area contributed by atoms with Crippen LogP contribution < -0.4 is 5.32 Å². The molecule has 0 bridgehead atoms. The van der Waals surface area contributed by atoms with E-state index in [1.165, 1.54) is 51.6 Å². The van der Waals surface area contributed by atoms with E-state index in [1.807, 2.05) is 0 Å². The first-order valence-corrected chi connectivity index (χ1v) is 7.73. The Bertz CT molecular complexity index is 193. The summed E-state index contributed by atoms with van der Waals surface area (Å²) >= 11 is 0. The molecule has 0 spiro atoms. The Balaban J connectivity index is 2.60. The third-order valence-corrected chi connectivity index (χ3v) is 4.33. The third-order valence-electron chi connectivity index (χ3n) is 4.33. The third kappa shape index (κ3) is 4.26. The highest BCUT2D eigenvalue weighted by Crippen LogP contribution is 2.25. The van der Waals surface area contributed by atoms with Gasteiger partial charge in [0.25, 0.3) is 0 Å². The Morgan fingerprint density at radius 2 is 1.88 bits per heavy atom. The fraction of sp³-hybridized carbons (Fsp3) is 1.00. The molecule has 2 nitrogen and oxygen atoms in total. The lowest BCUT2D eigenvalue weighted by Gasteiger charge is -2.43. The van der Waals surface area contributed by atoms with Gasteiger partial charge in [0.1, 0.15) is 0 Å². The van der Waals surface area contributed by atoms with Crippen LogP contribution in [0.15, 0.2) is 0 Å². The number of hydrogen-bond acceptors (Lipinski definition) is 2. The van der Waals surface area contributed by atoms with Crippen molar-refractivity contribution in [1.82, 2.24) is 10.2 Å². The van der Waals surface area contributed by atoms with Crippen LogP contribution in [-0.2, 0) is 0 Å². The molecule has 0 aliphatic heterocycles. The smallest absolute Gasteiger partial charge is 0.0252 e. The Morgan fingerprint density at radius 3 is 2.47 bits per heavy atom. The number of rotatable bonds is 7. The molecule has 1 N–H and O–H groups in total. The van der Waals surface area contributed by atoms with Gasteiger partial charge in [0.2, 0.25) is 0 Å². The SMILES string of the molecule is CCCNC1CCCCC1N(CC)C(C)CC. The van der Waals surface area contributed by atoms with E-state index in [0.29, 0.717) is 0 Å². The van der Waals surface area contributed by atoms with Crippen molar-refractivity contribution in [3.05, 3.63) is 0 Å². The lowest BCUT2D eigenvalue weighted by molar-refractivity contribution is 0.0886. The first kappa shape index (κ1) is 15.0. The summed E-state index contributed by atoms with van der Waals surface area (Å²) in [5, 5.41) is 3.77. The summed E-state index contributed by atoms with van der Waals surface area (Å²) in [6, 6.07) is 2.24. The summed E-state index contributed by atoms with van der Waals surface area (Å²) in [6.07, 6.45) is 8.11. The molecule has 0 radical (unpaired) electrons. The van der Waals surface area contributed by atoms with Gasteiger partial charge in [-0.15, -0.1) is 0 Å². The summed E-state index contributed by atoms with van der Waals surface area (Å²) < 4.78 is 0. The number of nitrogens with one attached hydrogen (secondary N) is 1. The van der Waals surface area contributed by atoms with Gasteiger partial charge < -0.3 is 5.32 Å². The van der Waals surface area contributed by atoms with Crippen molar-refractivity contribution in [3.63, 3.8) is 0 Å². The monoisotopic (exact) mass is 240 g/mol. The molecule has 1 saturated carbocycles. The molecule has 1 aliphatic carbocycles. The second kappa shape index (κ2) is 8.10. The van der Waals surface area contributed by atoms with Crippen LogP contribution in [-0.4, -0.2) is 36.1 Å². The van der Waals surface area contributed by atoms with Crippen molar-refractivity contribution in [2.24, 2.45) is 0 Å². The maximum Gasteiger partial charge on any atom is 0.0252 e. The van der Waals surface area contributed by atoms with Gasteiger partial charge in [0.05, 0.1) is 0 Å². The average Bonchev–Trinajstić information content (AvgIpc) is 2.38. The zero-order chi connectivity index (χ0) is 12.7. The highest BCUT2D eigenvalue weighted by molar-refractivity contribution is 4.89.